The number of hydrogen-bond donors (Lipinski definition) is 2. The minimum Gasteiger partial charge on any atom is -0.329 e. The summed E-state index contributed by atoms with van der Waals surface area (Å²) in [4.78, 5) is 0.983. The van der Waals surface area contributed by atoms with Gasteiger partial charge in [-0.3, -0.25) is 0 Å². The first kappa shape index (κ1) is 15.4. The Hall–Kier alpha value is 0.01000. The largest absolute Gasteiger partial charge is 0.329 e. The highest BCUT2D eigenvalue weighted by atomic mass is 79.9. The second-order valence-electron chi connectivity index (χ2n) is 4.53. The molecule has 1 atom stereocenters. The summed E-state index contributed by atoms with van der Waals surface area (Å²) in [5, 5.41) is 0. The molecular weight excluding hydrogens is 350 g/mol. The highest BCUT2D eigenvalue weighted by molar-refractivity contribution is 9.11. The van der Waals surface area contributed by atoms with Crippen molar-refractivity contribution in [1.82, 2.24) is 9.03 Å². The monoisotopic (exact) mass is 367 g/mol. The van der Waals surface area contributed by atoms with Crippen LogP contribution in [0.3, 0.4) is 0 Å². The van der Waals surface area contributed by atoms with E-state index in [1.54, 1.807) is 0 Å². The molecule has 1 fully saturated rings. The van der Waals surface area contributed by atoms with Crippen molar-refractivity contribution in [1.29, 1.82) is 0 Å². The molecule has 0 aliphatic carbocycles. The van der Waals surface area contributed by atoms with Gasteiger partial charge in [-0.05, 0) is 40.9 Å². The van der Waals surface area contributed by atoms with Crippen molar-refractivity contribution in [2.75, 3.05) is 13.1 Å². The molecule has 0 bridgehead atoms. The fourth-order valence-corrected chi connectivity index (χ4v) is 5.19. The zero-order valence-corrected chi connectivity index (χ0v) is 13.7. The van der Waals surface area contributed by atoms with Crippen LogP contribution in [0.1, 0.15) is 24.1 Å². The third-order valence-corrected chi connectivity index (χ3v) is 6.44. The Morgan fingerprint density at radius 3 is 2.89 bits per heavy atom. The van der Waals surface area contributed by atoms with Crippen molar-refractivity contribution in [2.45, 2.75) is 31.8 Å². The van der Waals surface area contributed by atoms with Gasteiger partial charge in [-0.25, -0.2) is 0 Å². The van der Waals surface area contributed by atoms with Crippen molar-refractivity contribution in [2.24, 2.45) is 5.73 Å². The van der Waals surface area contributed by atoms with E-state index in [4.69, 9.17) is 5.73 Å². The van der Waals surface area contributed by atoms with E-state index in [0.717, 1.165) is 27.9 Å². The lowest BCUT2D eigenvalue weighted by Gasteiger charge is -2.33. The first-order chi connectivity index (χ1) is 9.03. The van der Waals surface area contributed by atoms with E-state index in [2.05, 4.69) is 20.7 Å². The summed E-state index contributed by atoms with van der Waals surface area (Å²) in [5.74, 6) is 0. The van der Waals surface area contributed by atoms with Gasteiger partial charge >= 0.3 is 0 Å². The van der Waals surface area contributed by atoms with Gasteiger partial charge < -0.3 is 5.73 Å². The Morgan fingerprint density at radius 1 is 1.47 bits per heavy atom. The van der Waals surface area contributed by atoms with E-state index in [0.29, 0.717) is 19.6 Å². The van der Waals surface area contributed by atoms with Crippen LogP contribution in [-0.4, -0.2) is 31.9 Å². The molecule has 0 spiro atoms. The van der Waals surface area contributed by atoms with Crippen LogP contribution in [0.15, 0.2) is 15.9 Å². The molecule has 0 aromatic carbocycles. The zero-order chi connectivity index (χ0) is 13.9. The third kappa shape index (κ3) is 3.99. The lowest BCUT2D eigenvalue weighted by atomic mass is 10.1. The van der Waals surface area contributed by atoms with Crippen LogP contribution >= 0.6 is 27.3 Å². The van der Waals surface area contributed by atoms with Crippen molar-refractivity contribution < 1.29 is 8.42 Å². The molecule has 1 aromatic rings. The number of thiophene rings is 1. The van der Waals surface area contributed by atoms with Crippen LogP contribution in [0.4, 0.5) is 0 Å². The summed E-state index contributed by atoms with van der Waals surface area (Å²) in [6.07, 6.45) is 2.80. The van der Waals surface area contributed by atoms with Crippen LogP contribution < -0.4 is 10.5 Å². The average molecular weight is 368 g/mol. The molecular formula is C11H18BrN3O2S2. The quantitative estimate of drug-likeness (QED) is 0.830. The van der Waals surface area contributed by atoms with Gasteiger partial charge in [0.25, 0.3) is 10.2 Å². The van der Waals surface area contributed by atoms with Crippen LogP contribution in [0.2, 0.25) is 0 Å². The van der Waals surface area contributed by atoms with Crippen molar-refractivity contribution in [3.05, 3.63) is 20.8 Å². The molecule has 108 valence electrons. The lowest BCUT2D eigenvalue weighted by Crippen LogP contribution is -2.51. The van der Waals surface area contributed by atoms with Crippen LogP contribution in [0.5, 0.6) is 0 Å². The second kappa shape index (κ2) is 6.64. The predicted octanol–water partition coefficient (Wildman–Crippen LogP) is 1.66. The maximum Gasteiger partial charge on any atom is 0.280 e. The molecule has 0 radical (unpaired) electrons. The van der Waals surface area contributed by atoms with Gasteiger partial charge in [-0.2, -0.15) is 17.4 Å². The molecule has 0 saturated carbocycles. The minimum absolute atomic E-state index is 0.0682. The minimum atomic E-state index is -3.44. The molecule has 2 heterocycles. The van der Waals surface area contributed by atoms with E-state index < -0.39 is 10.2 Å². The van der Waals surface area contributed by atoms with Gasteiger partial charge in [0.05, 0.1) is 3.79 Å². The SMILES string of the molecule is NCC1CCCCN1S(=O)(=O)NCc1ccc(Br)s1. The van der Waals surface area contributed by atoms with E-state index >= 15 is 0 Å². The third-order valence-electron chi connectivity index (χ3n) is 3.21. The zero-order valence-electron chi connectivity index (χ0n) is 10.5. The van der Waals surface area contributed by atoms with E-state index in [-0.39, 0.29) is 6.04 Å². The summed E-state index contributed by atoms with van der Waals surface area (Å²) >= 11 is 4.89. The number of nitrogens with two attached hydrogens (primary N) is 1. The molecule has 1 aromatic heterocycles. The first-order valence-electron chi connectivity index (χ1n) is 6.23. The Bertz CT molecular complexity index is 518. The van der Waals surface area contributed by atoms with Crippen molar-refractivity contribution >= 4 is 37.5 Å². The fourth-order valence-electron chi connectivity index (χ4n) is 2.22. The first-order valence-corrected chi connectivity index (χ1v) is 9.28. The number of hydrogen-bond acceptors (Lipinski definition) is 4. The summed E-state index contributed by atoms with van der Waals surface area (Å²) in [5.41, 5.74) is 5.66. The van der Waals surface area contributed by atoms with Gasteiger partial charge in [0.15, 0.2) is 0 Å². The molecule has 3 N–H and O–H groups in total. The van der Waals surface area contributed by atoms with Crippen LogP contribution in [0.25, 0.3) is 0 Å². The number of rotatable bonds is 5. The highest BCUT2D eigenvalue weighted by Crippen LogP contribution is 2.23. The molecule has 1 aliphatic heterocycles. The Kier molecular flexibility index (Phi) is 5.38. The number of piperidine rings is 1. The number of nitrogens with one attached hydrogen (secondary N) is 1. The molecule has 0 amide bonds. The molecule has 2 rings (SSSR count). The van der Waals surface area contributed by atoms with E-state index in [1.165, 1.54) is 15.6 Å². The summed E-state index contributed by atoms with van der Waals surface area (Å²) in [6, 6.07) is 3.76. The Labute approximate surface area is 126 Å². The average Bonchev–Trinajstić information content (AvgIpc) is 2.82. The Morgan fingerprint density at radius 2 is 2.26 bits per heavy atom. The predicted molar refractivity (Wildman–Crippen MR) is 81.2 cm³/mol. The summed E-state index contributed by atoms with van der Waals surface area (Å²) in [6.45, 7) is 1.27. The Balaban J connectivity index is 2.00. The van der Waals surface area contributed by atoms with E-state index in [9.17, 15) is 8.42 Å². The van der Waals surface area contributed by atoms with Crippen molar-refractivity contribution in [3.63, 3.8) is 0 Å². The lowest BCUT2D eigenvalue weighted by molar-refractivity contribution is 0.254. The molecule has 1 saturated heterocycles. The maximum atomic E-state index is 12.3. The number of nitrogens with zero attached hydrogens (tertiary/aromatic N) is 1. The molecule has 19 heavy (non-hydrogen) atoms. The summed E-state index contributed by atoms with van der Waals surface area (Å²) in [7, 11) is -3.44. The highest BCUT2D eigenvalue weighted by Gasteiger charge is 2.31. The summed E-state index contributed by atoms with van der Waals surface area (Å²) < 4.78 is 29.7. The van der Waals surface area contributed by atoms with Gasteiger partial charge in [0.2, 0.25) is 0 Å². The topological polar surface area (TPSA) is 75.4 Å². The van der Waals surface area contributed by atoms with Crippen molar-refractivity contribution in [3.8, 4) is 0 Å². The normalized spacial score (nSPS) is 21.7. The second-order valence-corrected chi connectivity index (χ2v) is 8.78. The molecule has 1 aliphatic rings. The van der Waals surface area contributed by atoms with E-state index in [1.807, 2.05) is 12.1 Å². The maximum absolute atomic E-state index is 12.3. The van der Waals surface area contributed by atoms with Crippen LogP contribution in [0, 0.1) is 0 Å². The molecule has 1 unspecified atom stereocenters. The van der Waals surface area contributed by atoms with Gasteiger partial charge in [-0.15, -0.1) is 11.3 Å². The number of halogens is 1. The smallest absolute Gasteiger partial charge is 0.280 e. The molecule has 8 heteroatoms. The standard InChI is InChI=1S/C11H18BrN3O2S2/c12-11-5-4-10(18-11)8-14-19(16,17)15-6-2-1-3-9(15)7-13/h4-5,9,14H,1-3,6-8,13H2. The van der Waals surface area contributed by atoms with Gasteiger partial charge in [-0.1, -0.05) is 6.42 Å². The van der Waals surface area contributed by atoms with Crippen LogP contribution in [-0.2, 0) is 16.8 Å². The fraction of sp³-hybridized carbons (Fsp3) is 0.636. The molecule has 5 nitrogen and oxygen atoms in total. The van der Waals surface area contributed by atoms with Gasteiger partial charge in [0, 0.05) is 30.6 Å². The van der Waals surface area contributed by atoms with Gasteiger partial charge in [0.1, 0.15) is 0 Å².